The molecule has 0 aliphatic rings. The number of benzene rings is 1. The third-order valence-electron chi connectivity index (χ3n) is 3.17. The summed E-state index contributed by atoms with van der Waals surface area (Å²) in [6, 6.07) is 3.83. The molecule has 0 heterocycles. The number of aliphatic hydroxyl groups is 2. The lowest BCUT2D eigenvalue weighted by Gasteiger charge is -2.22. The van der Waals surface area contributed by atoms with Crippen molar-refractivity contribution < 1.29 is 24.9 Å². The molecule has 0 saturated heterocycles. The highest BCUT2D eigenvalue weighted by Crippen LogP contribution is 2.24. The highest BCUT2D eigenvalue weighted by atomic mass is 16.6. The van der Waals surface area contributed by atoms with Crippen molar-refractivity contribution in [3.8, 4) is 5.75 Å². The van der Waals surface area contributed by atoms with Crippen molar-refractivity contribution in [2.75, 3.05) is 6.54 Å². The van der Waals surface area contributed by atoms with E-state index in [0.717, 1.165) is 0 Å². The lowest BCUT2D eigenvalue weighted by molar-refractivity contribution is 0.0521. The largest absolute Gasteiger partial charge is 0.508 e. The highest BCUT2D eigenvalue weighted by molar-refractivity contribution is 5.67. The molecule has 0 saturated carbocycles. The van der Waals surface area contributed by atoms with Crippen LogP contribution >= 0.6 is 0 Å². The molecule has 2 atom stereocenters. The van der Waals surface area contributed by atoms with Crippen molar-refractivity contribution in [1.82, 2.24) is 5.32 Å². The summed E-state index contributed by atoms with van der Waals surface area (Å²) >= 11 is 0. The van der Waals surface area contributed by atoms with Crippen molar-refractivity contribution in [3.05, 3.63) is 29.3 Å². The second-order valence-electron chi connectivity index (χ2n) is 6.37. The first-order valence-corrected chi connectivity index (χ1v) is 7.47. The molecular formula is C16H26N2O5. The van der Waals surface area contributed by atoms with Crippen LogP contribution in [0.5, 0.6) is 5.75 Å². The van der Waals surface area contributed by atoms with Crippen molar-refractivity contribution in [2.45, 2.75) is 51.5 Å². The third kappa shape index (κ3) is 6.43. The molecule has 1 aromatic carbocycles. The minimum Gasteiger partial charge on any atom is -0.508 e. The SMILES string of the molecule is CC(C)(C)OC(=O)NCCC(N)C(O)c1ccc(O)c(CO)c1. The van der Waals surface area contributed by atoms with Gasteiger partial charge in [-0.2, -0.15) is 0 Å². The van der Waals surface area contributed by atoms with Crippen LogP contribution < -0.4 is 11.1 Å². The summed E-state index contributed by atoms with van der Waals surface area (Å²) in [6.07, 6.45) is -1.16. The van der Waals surface area contributed by atoms with Gasteiger partial charge in [0.05, 0.1) is 12.7 Å². The zero-order valence-corrected chi connectivity index (χ0v) is 13.7. The van der Waals surface area contributed by atoms with Crippen molar-refractivity contribution in [1.29, 1.82) is 0 Å². The summed E-state index contributed by atoms with van der Waals surface area (Å²) in [5.74, 6) is -0.0383. The lowest BCUT2D eigenvalue weighted by Crippen LogP contribution is -2.37. The van der Waals surface area contributed by atoms with E-state index in [2.05, 4.69) is 5.32 Å². The average molecular weight is 326 g/mol. The van der Waals surface area contributed by atoms with E-state index in [9.17, 15) is 15.0 Å². The number of amides is 1. The normalized spacial score (nSPS) is 14.2. The van der Waals surface area contributed by atoms with Crippen LogP contribution in [0.4, 0.5) is 4.79 Å². The van der Waals surface area contributed by atoms with E-state index in [4.69, 9.17) is 15.6 Å². The number of nitrogens with one attached hydrogen (secondary N) is 1. The topological polar surface area (TPSA) is 125 Å². The fraction of sp³-hybridized carbons (Fsp3) is 0.562. The Morgan fingerprint density at radius 2 is 2.04 bits per heavy atom. The van der Waals surface area contributed by atoms with Crippen LogP contribution in [0.25, 0.3) is 0 Å². The molecule has 0 fully saturated rings. The molecule has 130 valence electrons. The Labute approximate surface area is 136 Å². The maximum atomic E-state index is 11.5. The zero-order chi connectivity index (χ0) is 17.6. The molecule has 1 rings (SSSR count). The van der Waals surface area contributed by atoms with Gasteiger partial charge < -0.3 is 31.1 Å². The smallest absolute Gasteiger partial charge is 0.407 e. The molecule has 0 radical (unpaired) electrons. The number of ether oxygens (including phenoxy) is 1. The Kier molecular flexibility index (Phi) is 6.80. The number of carbonyl (C=O) groups is 1. The summed E-state index contributed by atoms with van der Waals surface area (Å²) in [6.45, 7) is 5.24. The van der Waals surface area contributed by atoms with Crippen LogP contribution in [0.2, 0.25) is 0 Å². The van der Waals surface area contributed by atoms with Crippen LogP contribution in [0.3, 0.4) is 0 Å². The van der Waals surface area contributed by atoms with Gasteiger partial charge in [-0.05, 0) is 44.9 Å². The molecule has 23 heavy (non-hydrogen) atoms. The Hall–Kier alpha value is -1.83. The fourth-order valence-electron chi connectivity index (χ4n) is 1.98. The summed E-state index contributed by atoms with van der Waals surface area (Å²) in [4.78, 5) is 11.5. The highest BCUT2D eigenvalue weighted by Gasteiger charge is 2.19. The molecule has 6 N–H and O–H groups in total. The number of phenols is 1. The second kappa shape index (κ2) is 8.14. The first kappa shape index (κ1) is 19.2. The summed E-state index contributed by atoms with van der Waals surface area (Å²) in [5, 5.41) is 31.4. The van der Waals surface area contributed by atoms with Gasteiger partial charge >= 0.3 is 6.09 Å². The maximum Gasteiger partial charge on any atom is 0.407 e. The van der Waals surface area contributed by atoms with Crippen LogP contribution in [0, 0.1) is 0 Å². The van der Waals surface area contributed by atoms with Crippen molar-refractivity contribution in [2.24, 2.45) is 5.73 Å². The minimum atomic E-state index is -0.971. The van der Waals surface area contributed by atoms with E-state index < -0.39 is 23.8 Å². The van der Waals surface area contributed by atoms with E-state index in [0.29, 0.717) is 17.5 Å². The number of nitrogens with two attached hydrogens (primary N) is 1. The first-order valence-electron chi connectivity index (χ1n) is 7.47. The molecule has 1 amide bonds. The molecule has 0 aliphatic carbocycles. The predicted octanol–water partition coefficient (Wildman–Crippen LogP) is 1.16. The van der Waals surface area contributed by atoms with Gasteiger partial charge in [0.25, 0.3) is 0 Å². The maximum absolute atomic E-state index is 11.5. The van der Waals surface area contributed by atoms with E-state index in [1.54, 1.807) is 26.8 Å². The van der Waals surface area contributed by atoms with Crippen LogP contribution in [-0.4, -0.2) is 39.6 Å². The molecular weight excluding hydrogens is 300 g/mol. The van der Waals surface area contributed by atoms with Gasteiger partial charge in [-0.15, -0.1) is 0 Å². The number of hydrogen-bond acceptors (Lipinski definition) is 6. The Morgan fingerprint density at radius 3 is 2.61 bits per heavy atom. The Bertz CT molecular complexity index is 528. The fourth-order valence-corrected chi connectivity index (χ4v) is 1.98. The quantitative estimate of drug-likeness (QED) is 0.534. The second-order valence-corrected chi connectivity index (χ2v) is 6.37. The van der Waals surface area contributed by atoms with E-state index >= 15 is 0 Å². The number of rotatable bonds is 6. The molecule has 0 aliphatic heterocycles. The predicted molar refractivity (Wildman–Crippen MR) is 85.8 cm³/mol. The van der Waals surface area contributed by atoms with E-state index in [-0.39, 0.29) is 18.9 Å². The number of hydrogen-bond donors (Lipinski definition) is 5. The Morgan fingerprint density at radius 1 is 1.39 bits per heavy atom. The molecule has 0 aromatic heterocycles. The summed E-state index contributed by atoms with van der Waals surface area (Å²) < 4.78 is 5.10. The lowest BCUT2D eigenvalue weighted by atomic mass is 9.98. The van der Waals surface area contributed by atoms with Gasteiger partial charge in [0.2, 0.25) is 0 Å². The van der Waals surface area contributed by atoms with Gasteiger partial charge in [-0.1, -0.05) is 6.07 Å². The van der Waals surface area contributed by atoms with E-state index in [1.165, 1.54) is 12.1 Å². The molecule has 7 heteroatoms. The molecule has 7 nitrogen and oxygen atoms in total. The van der Waals surface area contributed by atoms with Crippen molar-refractivity contribution >= 4 is 6.09 Å². The molecule has 0 bridgehead atoms. The monoisotopic (exact) mass is 326 g/mol. The number of carbonyl (C=O) groups excluding carboxylic acids is 1. The van der Waals surface area contributed by atoms with Gasteiger partial charge in [-0.3, -0.25) is 0 Å². The molecule has 0 spiro atoms. The molecule has 1 aromatic rings. The first-order chi connectivity index (χ1) is 10.6. The van der Waals surface area contributed by atoms with E-state index in [1.807, 2.05) is 0 Å². The van der Waals surface area contributed by atoms with Crippen molar-refractivity contribution in [3.63, 3.8) is 0 Å². The molecule has 2 unspecified atom stereocenters. The standard InChI is InChI=1S/C16H26N2O5/c1-16(2,3)23-15(22)18-7-6-12(17)14(21)10-4-5-13(20)11(8-10)9-19/h4-5,8,12,14,19-21H,6-7,9,17H2,1-3H3,(H,18,22). The van der Waals surface area contributed by atoms with Gasteiger partial charge in [-0.25, -0.2) is 4.79 Å². The number of alkyl carbamates (subject to hydrolysis) is 1. The number of aromatic hydroxyl groups is 1. The average Bonchev–Trinajstić information content (AvgIpc) is 2.45. The summed E-state index contributed by atoms with van der Waals surface area (Å²) in [5.41, 5.74) is 6.17. The van der Waals surface area contributed by atoms with Gasteiger partial charge in [0.15, 0.2) is 0 Å². The van der Waals surface area contributed by atoms with Crippen LogP contribution in [0.15, 0.2) is 18.2 Å². The Balaban J connectivity index is 2.51. The third-order valence-corrected chi connectivity index (χ3v) is 3.17. The zero-order valence-electron chi connectivity index (χ0n) is 13.7. The van der Waals surface area contributed by atoms with Crippen LogP contribution in [0.1, 0.15) is 44.4 Å². The number of aliphatic hydroxyl groups excluding tert-OH is 2. The van der Waals surface area contributed by atoms with Gasteiger partial charge in [0, 0.05) is 18.2 Å². The van der Waals surface area contributed by atoms with Gasteiger partial charge in [0.1, 0.15) is 11.4 Å². The summed E-state index contributed by atoms with van der Waals surface area (Å²) in [7, 11) is 0. The minimum absolute atomic E-state index is 0.0383. The van der Waals surface area contributed by atoms with Crippen LogP contribution in [-0.2, 0) is 11.3 Å².